The van der Waals surface area contributed by atoms with E-state index in [9.17, 15) is 9.90 Å². The number of aliphatic hydroxyl groups excluding tert-OH is 1. The molecule has 1 fully saturated rings. The number of amides is 1. The number of hydrogen-bond donors (Lipinski definition) is 1. The third-order valence-electron chi connectivity index (χ3n) is 6.61. The Morgan fingerprint density at radius 3 is 2.80 bits per heavy atom. The van der Waals surface area contributed by atoms with Gasteiger partial charge in [-0.05, 0) is 37.0 Å². The average molecular weight is 480 g/mol. The molecule has 1 unspecified atom stereocenters. The summed E-state index contributed by atoms with van der Waals surface area (Å²) in [6, 6.07) is 9.54. The summed E-state index contributed by atoms with van der Waals surface area (Å²) >= 11 is 0. The van der Waals surface area contributed by atoms with E-state index in [2.05, 4.69) is 15.1 Å². The van der Waals surface area contributed by atoms with Gasteiger partial charge in [-0.2, -0.15) is 4.98 Å². The van der Waals surface area contributed by atoms with Crippen molar-refractivity contribution in [3.8, 4) is 23.0 Å². The van der Waals surface area contributed by atoms with E-state index in [-0.39, 0.29) is 18.4 Å². The first-order valence-corrected chi connectivity index (χ1v) is 11.9. The fourth-order valence-corrected chi connectivity index (χ4v) is 4.69. The van der Waals surface area contributed by atoms with Crippen molar-refractivity contribution in [3.63, 3.8) is 0 Å². The largest absolute Gasteiger partial charge is 0.491 e. The zero-order valence-corrected chi connectivity index (χ0v) is 19.9. The zero-order valence-electron chi connectivity index (χ0n) is 19.9. The van der Waals surface area contributed by atoms with E-state index in [0.29, 0.717) is 55.1 Å². The summed E-state index contributed by atoms with van der Waals surface area (Å²) in [5, 5.41) is 14.7. The molecule has 1 N–H and O–H groups in total. The van der Waals surface area contributed by atoms with Crippen molar-refractivity contribution in [3.05, 3.63) is 53.5 Å². The fourth-order valence-electron chi connectivity index (χ4n) is 4.69. The number of piperidine rings is 1. The summed E-state index contributed by atoms with van der Waals surface area (Å²) in [5.74, 6) is 2.03. The molecule has 10 nitrogen and oxygen atoms in total. The standard InChI is InChI=1S/C25H29N5O5/c1-3-34-24-20(33-2)12-18(13-26-24)22-27-23(35-28-22)16-8-10-29(11-9-16)21(31)15-30-14-17-6-4-5-7-19(17)25(30)32/h4-7,12-13,16,25,32H,3,8-11,14-15H2,1-2H3. The first-order chi connectivity index (χ1) is 17.1. The van der Waals surface area contributed by atoms with Crippen molar-refractivity contribution in [1.82, 2.24) is 24.9 Å². The Balaban J connectivity index is 1.17. The predicted molar refractivity (Wildman–Crippen MR) is 126 cm³/mol. The van der Waals surface area contributed by atoms with Crippen LogP contribution in [-0.4, -0.2) is 69.3 Å². The van der Waals surface area contributed by atoms with Gasteiger partial charge in [0.2, 0.25) is 17.6 Å². The number of carbonyl (C=O) groups excluding carboxylic acids is 1. The summed E-state index contributed by atoms with van der Waals surface area (Å²) < 4.78 is 16.4. The highest BCUT2D eigenvalue weighted by molar-refractivity contribution is 5.78. The number of likely N-dealkylation sites (tertiary alicyclic amines) is 1. The number of benzene rings is 1. The molecule has 1 atom stereocenters. The van der Waals surface area contributed by atoms with Gasteiger partial charge < -0.3 is 24.0 Å². The summed E-state index contributed by atoms with van der Waals surface area (Å²) in [6.07, 6.45) is 2.37. The Hall–Kier alpha value is -3.50. The molecular formula is C25H29N5O5. The number of pyridine rings is 1. The maximum atomic E-state index is 12.9. The van der Waals surface area contributed by atoms with Crippen molar-refractivity contribution in [2.24, 2.45) is 0 Å². The highest BCUT2D eigenvalue weighted by atomic mass is 16.5. The average Bonchev–Trinajstić information content (AvgIpc) is 3.50. The van der Waals surface area contributed by atoms with Gasteiger partial charge in [0.1, 0.15) is 6.23 Å². The predicted octanol–water partition coefficient (Wildman–Crippen LogP) is 2.75. The second kappa shape index (κ2) is 10.0. The smallest absolute Gasteiger partial charge is 0.256 e. The van der Waals surface area contributed by atoms with Gasteiger partial charge in [-0.3, -0.25) is 9.69 Å². The van der Waals surface area contributed by atoms with Gasteiger partial charge in [0.25, 0.3) is 5.88 Å². The summed E-state index contributed by atoms with van der Waals surface area (Å²) in [4.78, 5) is 25.4. The maximum absolute atomic E-state index is 12.9. The highest BCUT2D eigenvalue weighted by Crippen LogP contribution is 2.33. The minimum atomic E-state index is -0.736. The van der Waals surface area contributed by atoms with E-state index in [1.807, 2.05) is 41.0 Å². The normalized spacial score (nSPS) is 18.5. The Morgan fingerprint density at radius 1 is 1.26 bits per heavy atom. The van der Waals surface area contributed by atoms with E-state index in [1.165, 1.54) is 0 Å². The molecule has 4 heterocycles. The van der Waals surface area contributed by atoms with Crippen LogP contribution >= 0.6 is 0 Å². The SMILES string of the molecule is CCOc1ncc(-c2noc(C3CCN(C(=O)CN4Cc5ccccc5C4O)CC3)n2)cc1OC. The molecule has 0 bridgehead atoms. The highest BCUT2D eigenvalue weighted by Gasteiger charge is 2.33. The fraction of sp³-hybridized carbons (Fsp3) is 0.440. The second-order valence-electron chi connectivity index (χ2n) is 8.75. The Labute approximate surface area is 203 Å². The lowest BCUT2D eigenvalue weighted by molar-refractivity contribution is -0.136. The zero-order chi connectivity index (χ0) is 24.4. The maximum Gasteiger partial charge on any atom is 0.256 e. The van der Waals surface area contributed by atoms with Crippen molar-refractivity contribution < 1.29 is 23.9 Å². The van der Waals surface area contributed by atoms with Crippen molar-refractivity contribution in [2.75, 3.05) is 33.4 Å². The molecule has 35 heavy (non-hydrogen) atoms. The third kappa shape index (κ3) is 4.71. The Kier molecular flexibility index (Phi) is 6.65. The third-order valence-corrected chi connectivity index (χ3v) is 6.61. The number of methoxy groups -OCH3 is 1. The molecule has 3 aromatic rings. The van der Waals surface area contributed by atoms with Crippen molar-refractivity contribution in [1.29, 1.82) is 0 Å². The summed E-state index contributed by atoms with van der Waals surface area (Å²) in [7, 11) is 1.56. The van der Waals surface area contributed by atoms with Crippen LogP contribution in [0.1, 0.15) is 48.9 Å². The molecule has 2 aromatic heterocycles. The van der Waals surface area contributed by atoms with Gasteiger partial charge in [-0.15, -0.1) is 0 Å². The molecule has 184 valence electrons. The van der Waals surface area contributed by atoms with E-state index < -0.39 is 6.23 Å². The number of ether oxygens (including phenoxy) is 2. The summed E-state index contributed by atoms with van der Waals surface area (Å²) in [5.41, 5.74) is 2.63. The van der Waals surface area contributed by atoms with E-state index in [0.717, 1.165) is 24.0 Å². The van der Waals surface area contributed by atoms with Crippen molar-refractivity contribution in [2.45, 2.75) is 38.5 Å². The van der Waals surface area contributed by atoms with Crippen LogP contribution in [0.15, 0.2) is 41.1 Å². The number of aromatic nitrogens is 3. The molecule has 1 saturated heterocycles. The second-order valence-corrected chi connectivity index (χ2v) is 8.75. The van der Waals surface area contributed by atoms with Crippen LogP contribution in [0.3, 0.4) is 0 Å². The molecule has 0 aliphatic carbocycles. The van der Waals surface area contributed by atoms with Crippen molar-refractivity contribution >= 4 is 5.91 Å². The minimum absolute atomic E-state index is 0.0223. The molecule has 0 saturated carbocycles. The van der Waals surface area contributed by atoms with Crippen LogP contribution in [0.5, 0.6) is 11.6 Å². The van der Waals surface area contributed by atoms with E-state index in [1.54, 1.807) is 19.4 Å². The number of rotatable bonds is 7. The molecular weight excluding hydrogens is 450 g/mol. The van der Waals surface area contributed by atoms with Crippen LogP contribution in [0.25, 0.3) is 11.4 Å². The quantitative estimate of drug-likeness (QED) is 0.546. The number of aliphatic hydroxyl groups is 1. The van der Waals surface area contributed by atoms with E-state index in [4.69, 9.17) is 14.0 Å². The van der Waals surface area contributed by atoms with Crippen LogP contribution < -0.4 is 9.47 Å². The number of fused-ring (bicyclic) bond motifs is 1. The van der Waals surface area contributed by atoms with Gasteiger partial charge in [0.05, 0.1) is 20.3 Å². The Morgan fingerprint density at radius 2 is 2.06 bits per heavy atom. The molecule has 10 heteroatoms. The molecule has 0 radical (unpaired) electrons. The number of hydrogen-bond acceptors (Lipinski definition) is 9. The molecule has 5 rings (SSSR count). The molecule has 1 amide bonds. The lowest BCUT2D eigenvalue weighted by Crippen LogP contribution is -2.43. The lowest BCUT2D eigenvalue weighted by Gasteiger charge is -2.32. The number of nitrogens with zero attached hydrogens (tertiary/aromatic N) is 5. The molecule has 0 spiro atoms. The van der Waals surface area contributed by atoms with Gasteiger partial charge in [0, 0.05) is 37.3 Å². The first kappa shape index (κ1) is 23.3. The molecule has 2 aliphatic rings. The lowest BCUT2D eigenvalue weighted by atomic mass is 9.96. The monoisotopic (exact) mass is 479 g/mol. The van der Waals surface area contributed by atoms with Crippen LogP contribution in [0.2, 0.25) is 0 Å². The van der Waals surface area contributed by atoms with Gasteiger partial charge in [0.15, 0.2) is 5.75 Å². The topological polar surface area (TPSA) is 114 Å². The van der Waals surface area contributed by atoms with Crippen LogP contribution in [0, 0.1) is 0 Å². The minimum Gasteiger partial charge on any atom is -0.491 e. The Bertz CT molecular complexity index is 1190. The van der Waals surface area contributed by atoms with Crippen LogP contribution in [-0.2, 0) is 11.3 Å². The van der Waals surface area contributed by atoms with Gasteiger partial charge in [-0.1, -0.05) is 29.4 Å². The van der Waals surface area contributed by atoms with Gasteiger partial charge >= 0.3 is 0 Å². The number of carbonyl (C=O) groups is 1. The summed E-state index contributed by atoms with van der Waals surface area (Å²) in [6.45, 7) is 4.36. The van der Waals surface area contributed by atoms with Crippen LogP contribution in [0.4, 0.5) is 0 Å². The van der Waals surface area contributed by atoms with E-state index >= 15 is 0 Å². The molecule has 2 aliphatic heterocycles. The molecule has 1 aromatic carbocycles. The first-order valence-electron chi connectivity index (χ1n) is 11.9. The van der Waals surface area contributed by atoms with Gasteiger partial charge in [-0.25, -0.2) is 4.98 Å².